The number of aryl methyl sites for hydroxylation is 1. The van der Waals surface area contributed by atoms with E-state index in [1.54, 1.807) is 0 Å². The fourth-order valence-corrected chi connectivity index (χ4v) is 16.4. The first-order chi connectivity index (χ1) is 48.3. The maximum Gasteiger partial charge on any atom is 0.137 e. The van der Waals surface area contributed by atoms with Crippen molar-refractivity contribution in [3.8, 4) is 84.1 Å². The van der Waals surface area contributed by atoms with Crippen molar-refractivity contribution in [1.29, 1.82) is 0 Å². The number of nitrogens with zero attached hydrogens (tertiary/aromatic N) is 4. The number of pyridine rings is 1. The van der Waals surface area contributed by atoms with Crippen LogP contribution in [0.15, 0.2) is 255 Å². The van der Waals surface area contributed by atoms with Crippen molar-refractivity contribution in [3.63, 3.8) is 0 Å². The van der Waals surface area contributed by atoms with Gasteiger partial charge in [0.15, 0.2) is 0 Å². The Labute approximate surface area is 584 Å². The number of aromatic nitrogens is 2. The summed E-state index contributed by atoms with van der Waals surface area (Å²) in [6.45, 7) is 24.0. The normalized spacial score (nSPS) is 16.4. The molecule has 3 aliphatic rings. The summed E-state index contributed by atoms with van der Waals surface area (Å²) < 4.78 is 38.1. The fraction of sp³-hybridized carbons (Fsp3) is 0.237. The first-order valence-electron chi connectivity index (χ1n) is 36.6. The van der Waals surface area contributed by atoms with Crippen molar-refractivity contribution in [2.45, 2.75) is 136 Å². The van der Waals surface area contributed by atoms with E-state index in [-0.39, 0.29) is 27.1 Å². The summed E-state index contributed by atoms with van der Waals surface area (Å²) in [6.07, 6.45) is 6.00. The second kappa shape index (κ2) is 23.5. The third-order valence-corrected chi connectivity index (χ3v) is 22.0. The number of hydrogen-bond donors (Lipinski definition) is 0. The fourth-order valence-electron chi connectivity index (χ4n) is 16.4. The molecule has 3 heterocycles. The number of rotatable bonds is 11. The second-order valence-corrected chi connectivity index (χ2v) is 31.5. The summed E-state index contributed by atoms with van der Waals surface area (Å²) in [6, 6.07) is 89.3. The molecule has 2 aromatic heterocycles. The molecule has 1 aliphatic heterocycles. The molecule has 5 heteroatoms. The Bertz CT molecular complexity index is 5280. The number of ether oxygens (including phenoxy) is 1. The Kier molecular flexibility index (Phi) is 14.2. The number of anilines is 4. The highest BCUT2D eigenvalue weighted by atomic mass is 16.5. The molecule has 98 heavy (non-hydrogen) atoms. The quantitative estimate of drug-likeness (QED) is 0.129. The predicted molar refractivity (Wildman–Crippen MR) is 414 cm³/mol. The highest BCUT2D eigenvalue weighted by Gasteiger charge is 2.47. The summed E-state index contributed by atoms with van der Waals surface area (Å²) in [5, 5.41) is 2.05. The minimum atomic E-state index is -2.49. The molecule has 0 unspecified atom stereocenters. The highest BCUT2D eigenvalue weighted by molar-refractivity contribution is 6.16. The Morgan fingerprint density at radius 3 is 1.51 bits per heavy atom. The molecule has 0 saturated carbocycles. The predicted octanol–water partition coefficient (Wildman–Crippen LogP) is 25.5. The van der Waals surface area contributed by atoms with E-state index in [9.17, 15) is 4.11 Å². The largest absolute Gasteiger partial charge is 0.457 e. The summed E-state index contributed by atoms with van der Waals surface area (Å²) in [4.78, 5) is 10.4. The Balaban J connectivity index is 0.834. The summed E-state index contributed by atoms with van der Waals surface area (Å²) in [5.41, 5.74) is 25.2. The molecule has 16 rings (SSSR count). The van der Waals surface area contributed by atoms with Crippen LogP contribution in [-0.4, -0.2) is 16.2 Å². The van der Waals surface area contributed by atoms with Crippen molar-refractivity contribution in [3.05, 3.63) is 288 Å². The summed E-state index contributed by atoms with van der Waals surface area (Å²) in [5.74, 6) is 1.85. The molecule has 0 N–H and O–H groups in total. The zero-order valence-corrected chi connectivity index (χ0v) is 58.5. The third-order valence-electron chi connectivity index (χ3n) is 22.0. The van der Waals surface area contributed by atoms with Gasteiger partial charge < -0.3 is 14.5 Å². The number of benzene rings is 11. The van der Waals surface area contributed by atoms with E-state index in [0.29, 0.717) is 35.1 Å². The molecule has 486 valence electrons. The first kappa shape index (κ1) is 59.1. The van der Waals surface area contributed by atoms with Gasteiger partial charge in [-0.3, -0.25) is 4.57 Å². The first-order valence-corrected chi connectivity index (χ1v) is 35.1. The number of para-hydroxylation sites is 2. The Hall–Kier alpha value is -10.2. The van der Waals surface area contributed by atoms with Crippen LogP contribution in [0.25, 0.3) is 94.4 Å². The summed E-state index contributed by atoms with van der Waals surface area (Å²) in [7, 11) is 0. The van der Waals surface area contributed by atoms with Crippen molar-refractivity contribution in [2.75, 3.05) is 16.5 Å². The van der Waals surface area contributed by atoms with Crippen LogP contribution in [0.4, 0.5) is 22.7 Å². The number of hydrogen-bond acceptors (Lipinski definition) is 4. The average molecular weight is 1280 g/mol. The van der Waals surface area contributed by atoms with Crippen molar-refractivity contribution in [2.24, 2.45) is 0 Å². The third kappa shape index (κ3) is 10.8. The van der Waals surface area contributed by atoms with Crippen LogP contribution in [0.2, 0.25) is 0 Å². The maximum atomic E-state index is 9.58. The molecule has 5 nitrogen and oxygen atoms in total. The Morgan fingerprint density at radius 2 is 0.929 bits per heavy atom. The van der Waals surface area contributed by atoms with Crippen LogP contribution in [0.5, 0.6) is 11.5 Å². The van der Waals surface area contributed by atoms with Crippen molar-refractivity contribution < 1.29 is 8.85 Å². The molecule has 13 aromatic rings. The van der Waals surface area contributed by atoms with Crippen LogP contribution in [-0.2, 0) is 27.1 Å². The van der Waals surface area contributed by atoms with Gasteiger partial charge in [0.25, 0.3) is 0 Å². The van der Waals surface area contributed by atoms with Crippen LogP contribution >= 0.6 is 0 Å². The average Bonchev–Trinajstić information content (AvgIpc) is 1.32. The summed E-state index contributed by atoms with van der Waals surface area (Å²) >= 11 is 0. The van der Waals surface area contributed by atoms with Crippen LogP contribution in [0.3, 0.4) is 0 Å². The van der Waals surface area contributed by atoms with Gasteiger partial charge in [-0.2, -0.15) is 0 Å². The lowest BCUT2D eigenvalue weighted by Crippen LogP contribution is -2.40. The minimum Gasteiger partial charge on any atom is -0.457 e. The van der Waals surface area contributed by atoms with Gasteiger partial charge in [-0.15, -0.1) is 0 Å². The van der Waals surface area contributed by atoms with Crippen LogP contribution in [0, 0.1) is 6.85 Å². The Morgan fingerprint density at radius 1 is 0.418 bits per heavy atom. The zero-order chi connectivity index (χ0) is 70.1. The van der Waals surface area contributed by atoms with Gasteiger partial charge in [-0.25, -0.2) is 4.98 Å². The van der Waals surface area contributed by atoms with E-state index >= 15 is 0 Å². The van der Waals surface area contributed by atoms with Gasteiger partial charge >= 0.3 is 0 Å². The van der Waals surface area contributed by atoms with E-state index < -0.39 is 6.85 Å². The zero-order valence-electron chi connectivity index (χ0n) is 61.5. The lowest BCUT2D eigenvalue weighted by atomic mass is 9.55. The van der Waals surface area contributed by atoms with Gasteiger partial charge in [0, 0.05) is 55.6 Å². The minimum absolute atomic E-state index is 0.107. The van der Waals surface area contributed by atoms with Crippen molar-refractivity contribution in [1.82, 2.24) is 9.55 Å². The monoisotopic (exact) mass is 1280 g/mol. The van der Waals surface area contributed by atoms with Gasteiger partial charge in [-0.05, 0) is 222 Å². The topological polar surface area (TPSA) is 33.5 Å². The SMILES string of the molecule is [2H]C([2H])([2H])c1cc(-n2c3cc(Oc4cccc(N5CN(c6c(-c7ccccc7)cc(C(C)(C)C)cc6-c6cc(-c7ccccc7)cc(-c7ccccc7)c6)c6ccccc65)c4)ccc3c3c(-c4ccccc4)cccc32)ncc1-c1c2c(cc3c1C(C)(C)CCC3(C)C)C(C)(C)CCC2(C)C. The molecule has 11 aromatic carbocycles. The van der Waals surface area contributed by atoms with E-state index in [2.05, 4.69) is 327 Å². The molecule has 0 saturated heterocycles. The molecule has 0 spiro atoms. The van der Waals surface area contributed by atoms with E-state index in [1.165, 1.54) is 27.8 Å². The molecule has 2 aliphatic carbocycles. The standard InChI is InChI=1S/C93H88N4O/c1-60-49-83(94-58-76(60)85-86-77(90(5,6)45-47-92(86,9)10)57-78-87(85)93(11,12)48-46-91(78,7)8)97-81-42-28-39-72(63-33-21-15-22-34-63)84(81)73-44-43-71(56-82(73)97)98-70-38-27-37-69(55-70)95-59-96(80-41-26-25-40-79(80)95)88-74(64-35-23-16-24-36-64)53-68(89(2,3)4)54-75(88)67-51-65(61-29-17-13-18-30-61)50-66(52-67)62-31-19-14-20-32-62/h13-44,49-58H,45-48,59H2,1-12H3/i1D3. The molecule has 0 atom stereocenters. The van der Waals surface area contributed by atoms with Gasteiger partial charge in [0.2, 0.25) is 0 Å². The highest BCUT2D eigenvalue weighted by Crippen LogP contribution is 2.59. The van der Waals surface area contributed by atoms with E-state index in [1.807, 2.05) is 18.3 Å². The second-order valence-electron chi connectivity index (χ2n) is 31.5. The lowest BCUT2D eigenvalue weighted by molar-refractivity contribution is 0.314. The molecule has 0 fully saturated rings. The van der Waals surface area contributed by atoms with Crippen LogP contribution < -0.4 is 14.5 Å². The smallest absolute Gasteiger partial charge is 0.137 e. The molecular formula is C93H88N4O. The van der Waals surface area contributed by atoms with Gasteiger partial charge in [0.05, 0.1) is 28.1 Å². The van der Waals surface area contributed by atoms with Crippen molar-refractivity contribution >= 4 is 44.6 Å². The van der Waals surface area contributed by atoms with Gasteiger partial charge in [-0.1, -0.05) is 234 Å². The van der Waals surface area contributed by atoms with E-state index in [4.69, 9.17) is 9.72 Å². The molecular weight excluding hydrogens is 1190 g/mol. The van der Waals surface area contributed by atoms with Crippen LogP contribution in [0.1, 0.15) is 139 Å². The molecule has 0 bridgehead atoms. The molecule has 0 radical (unpaired) electrons. The lowest BCUT2D eigenvalue weighted by Gasteiger charge is -2.49. The van der Waals surface area contributed by atoms with E-state index in [0.717, 1.165) is 131 Å². The number of fused-ring (bicyclic) bond motifs is 6. The van der Waals surface area contributed by atoms with Gasteiger partial charge in [0.1, 0.15) is 24.0 Å². The molecule has 0 amide bonds. The maximum absolute atomic E-state index is 9.58.